The second-order valence-corrected chi connectivity index (χ2v) is 4.75. The number of hydrogen-bond donors (Lipinski definition) is 2. The summed E-state index contributed by atoms with van der Waals surface area (Å²) in [4.78, 5) is 3.88. The van der Waals surface area contributed by atoms with Gasteiger partial charge in [-0.15, -0.1) is 0 Å². The Morgan fingerprint density at radius 1 is 1.67 bits per heavy atom. The molecule has 15 heavy (non-hydrogen) atoms. The van der Waals surface area contributed by atoms with Gasteiger partial charge >= 0.3 is 0 Å². The van der Waals surface area contributed by atoms with Gasteiger partial charge in [-0.2, -0.15) is 0 Å². The first-order chi connectivity index (χ1) is 6.85. The minimum absolute atomic E-state index is 0.151. The average molecular weight is 228 g/mol. The van der Waals surface area contributed by atoms with Crippen LogP contribution in [0.2, 0.25) is 0 Å². The molecule has 82 valence electrons. The van der Waals surface area contributed by atoms with E-state index in [-0.39, 0.29) is 11.3 Å². The fourth-order valence-electron chi connectivity index (χ4n) is 1.19. The molecular formula is C9H12N2O3S. The van der Waals surface area contributed by atoms with E-state index >= 15 is 0 Å². The van der Waals surface area contributed by atoms with Gasteiger partial charge in [-0.05, 0) is 6.92 Å². The molecule has 3 N–H and O–H groups in total. The number of aromatic nitrogens is 1. The Hall–Kier alpha value is -1.40. The lowest BCUT2D eigenvalue weighted by Gasteiger charge is -2.08. The second kappa shape index (κ2) is 4.00. The van der Waals surface area contributed by atoms with Gasteiger partial charge in [0.05, 0.1) is 11.4 Å². The molecule has 1 aromatic heterocycles. The number of aryl methyl sites for hydroxylation is 1. The molecule has 0 saturated carbocycles. The Labute approximate surface area is 88.3 Å². The van der Waals surface area contributed by atoms with E-state index in [1.165, 1.54) is 12.3 Å². The number of nitrogens with two attached hydrogens (primary N) is 1. The third-order valence-electron chi connectivity index (χ3n) is 1.94. The third-order valence-corrected chi connectivity index (χ3v) is 2.63. The van der Waals surface area contributed by atoms with E-state index in [4.69, 9.17) is 5.14 Å². The van der Waals surface area contributed by atoms with Gasteiger partial charge < -0.3 is 5.11 Å². The lowest BCUT2D eigenvalue weighted by molar-refractivity contribution is 0.461. The summed E-state index contributed by atoms with van der Waals surface area (Å²) < 4.78 is 21.9. The molecule has 0 aliphatic carbocycles. The van der Waals surface area contributed by atoms with Crippen LogP contribution in [0.15, 0.2) is 12.8 Å². The van der Waals surface area contributed by atoms with Gasteiger partial charge in [-0.25, -0.2) is 13.6 Å². The van der Waals surface area contributed by atoms with Gasteiger partial charge in [0.2, 0.25) is 10.0 Å². The van der Waals surface area contributed by atoms with Crippen molar-refractivity contribution in [3.63, 3.8) is 0 Å². The summed E-state index contributed by atoms with van der Waals surface area (Å²) in [5, 5.41) is 14.6. The summed E-state index contributed by atoms with van der Waals surface area (Å²) in [6, 6.07) is 0. The lowest BCUT2D eigenvalue weighted by atomic mass is 10.1. The Morgan fingerprint density at radius 3 is 2.73 bits per heavy atom. The Morgan fingerprint density at radius 2 is 2.27 bits per heavy atom. The minimum Gasteiger partial charge on any atom is -0.506 e. The number of rotatable bonds is 3. The van der Waals surface area contributed by atoms with E-state index < -0.39 is 15.8 Å². The largest absolute Gasteiger partial charge is 0.506 e. The van der Waals surface area contributed by atoms with Crippen molar-refractivity contribution in [2.75, 3.05) is 0 Å². The topological polar surface area (TPSA) is 93.3 Å². The first-order valence-corrected chi connectivity index (χ1v) is 5.87. The van der Waals surface area contributed by atoms with Crippen LogP contribution in [0.5, 0.6) is 5.75 Å². The normalized spacial score (nSPS) is 11.3. The van der Waals surface area contributed by atoms with Crippen LogP contribution < -0.4 is 5.14 Å². The highest BCUT2D eigenvalue weighted by Crippen LogP contribution is 2.25. The number of primary sulfonamides is 1. The van der Waals surface area contributed by atoms with E-state index in [1.54, 1.807) is 6.92 Å². The summed E-state index contributed by atoms with van der Waals surface area (Å²) in [6.45, 7) is 5.08. The molecule has 6 heteroatoms. The molecule has 1 aromatic rings. The number of pyridine rings is 1. The maximum Gasteiger partial charge on any atom is 0.213 e. The molecule has 0 amide bonds. The molecule has 0 radical (unpaired) electrons. The van der Waals surface area contributed by atoms with Crippen LogP contribution in [0.1, 0.15) is 16.8 Å². The predicted molar refractivity (Wildman–Crippen MR) is 57.5 cm³/mol. The van der Waals surface area contributed by atoms with Crippen LogP contribution in [0.4, 0.5) is 0 Å². The smallest absolute Gasteiger partial charge is 0.213 e. The van der Waals surface area contributed by atoms with Gasteiger partial charge in [0.1, 0.15) is 5.75 Å². The lowest BCUT2D eigenvalue weighted by Crippen LogP contribution is -2.15. The number of hydrogen-bond acceptors (Lipinski definition) is 4. The Balaban J connectivity index is 3.36. The molecule has 0 fully saturated rings. The molecule has 0 unspecified atom stereocenters. The van der Waals surface area contributed by atoms with Crippen molar-refractivity contribution in [1.29, 1.82) is 0 Å². The summed E-state index contributed by atoms with van der Waals surface area (Å²) in [5.41, 5.74) is 1.06. The maximum atomic E-state index is 10.9. The minimum atomic E-state index is -3.68. The van der Waals surface area contributed by atoms with Gasteiger partial charge in [0, 0.05) is 17.3 Å². The van der Waals surface area contributed by atoms with E-state index in [0.29, 0.717) is 11.3 Å². The van der Waals surface area contributed by atoms with Crippen LogP contribution in [-0.2, 0) is 15.8 Å². The van der Waals surface area contributed by atoms with E-state index in [2.05, 4.69) is 11.6 Å². The van der Waals surface area contributed by atoms with E-state index in [9.17, 15) is 13.5 Å². The zero-order valence-electron chi connectivity index (χ0n) is 8.27. The fraction of sp³-hybridized carbons (Fsp3) is 0.222. The molecular weight excluding hydrogens is 216 g/mol. The number of sulfonamides is 1. The zero-order chi connectivity index (χ0) is 11.6. The quantitative estimate of drug-likeness (QED) is 0.789. The van der Waals surface area contributed by atoms with Crippen LogP contribution in [0, 0.1) is 6.92 Å². The zero-order valence-corrected chi connectivity index (χ0v) is 9.08. The predicted octanol–water partition coefficient (Wildman–Crippen LogP) is 0.527. The second-order valence-electron chi connectivity index (χ2n) is 3.14. The van der Waals surface area contributed by atoms with Crippen molar-refractivity contribution in [3.05, 3.63) is 29.6 Å². The maximum absolute atomic E-state index is 10.9. The molecule has 5 nitrogen and oxygen atoms in total. The van der Waals surface area contributed by atoms with Crippen LogP contribution in [-0.4, -0.2) is 18.5 Å². The van der Waals surface area contributed by atoms with Crippen LogP contribution in [0.3, 0.4) is 0 Å². The Kier molecular flexibility index (Phi) is 3.11. The molecule has 0 aliphatic rings. The first kappa shape index (κ1) is 11.7. The molecule has 1 heterocycles. The van der Waals surface area contributed by atoms with Crippen molar-refractivity contribution in [1.82, 2.24) is 4.98 Å². The summed E-state index contributed by atoms with van der Waals surface area (Å²) in [5.74, 6) is -0.578. The molecule has 0 saturated heterocycles. The summed E-state index contributed by atoms with van der Waals surface area (Å²) in [6.07, 6.45) is 2.87. The van der Waals surface area contributed by atoms with Gasteiger partial charge in [0.15, 0.2) is 0 Å². The molecule has 0 spiro atoms. The highest BCUT2D eigenvalue weighted by Gasteiger charge is 2.15. The van der Waals surface area contributed by atoms with Gasteiger partial charge in [0.25, 0.3) is 0 Å². The van der Waals surface area contributed by atoms with Crippen molar-refractivity contribution in [2.24, 2.45) is 5.14 Å². The van der Waals surface area contributed by atoms with Crippen LogP contribution in [0.25, 0.3) is 6.08 Å². The first-order valence-electron chi connectivity index (χ1n) is 4.15. The SMILES string of the molecule is C=Cc1cnc(C)c(O)c1CS(N)(=O)=O. The van der Waals surface area contributed by atoms with Gasteiger partial charge in [-0.3, -0.25) is 4.98 Å². The third kappa shape index (κ3) is 2.77. The summed E-state index contributed by atoms with van der Waals surface area (Å²) in [7, 11) is -3.68. The number of aromatic hydroxyl groups is 1. The van der Waals surface area contributed by atoms with Crippen molar-refractivity contribution >= 4 is 16.1 Å². The van der Waals surface area contributed by atoms with Crippen molar-refractivity contribution in [3.8, 4) is 5.75 Å². The van der Waals surface area contributed by atoms with Gasteiger partial charge in [-0.1, -0.05) is 12.7 Å². The standard InChI is InChI=1S/C9H12N2O3S/c1-3-7-4-11-6(2)9(12)8(7)5-15(10,13)14/h3-4,12H,1,5H2,2H3,(H2,10,13,14). The Bertz CT molecular complexity index is 494. The highest BCUT2D eigenvalue weighted by atomic mass is 32.2. The number of nitrogens with zero attached hydrogens (tertiary/aromatic N) is 1. The molecule has 0 bridgehead atoms. The van der Waals surface area contributed by atoms with E-state index in [0.717, 1.165) is 0 Å². The van der Waals surface area contributed by atoms with Crippen molar-refractivity contribution < 1.29 is 13.5 Å². The molecule has 1 rings (SSSR count). The molecule has 0 aliphatic heterocycles. The average Bonchev–Trinajstić information content (AvgIpc) is 2.11. The highest BCUT2D eigenvalue weighted by molar-refractivity contribution is 7.88. The fourth-order valence-corrected chi connectivity index (χ4v) is 1.90. The molecule has 0 aromatic carbocycles. The monoisotopic (exact) mass is 228 g/mol. The van der Waals surface area contributed by atoms with Crippen molar-refractivity contribution in [2.45, 2.75) is 12.7 Å². The van der Waals surface area contributed by atoms with Crippen LogP contribution >= 0.6 is 0 Å². The molecule has 0 atom stereocenters. The summed E-state index contributed by atoms with van der Waals surface area (Å²) >= 11 is 0. The van der Waals surface area contributed by atoms with E-state index in [1.807, 2.05) is 0 Å².